The van der Waals surface area contributed by atoms with Gasteiger partial charge < -0.3 is 10.4 Å². The molecule has 1 atom stereocenters. The van der Waals surface area contributed by atoms with Crippen LogP contribution in [0.4, 0.5) is 5.82 Å². The van der Waals surface area contributed by atoms with Gasteiger partial charge in [-0.15, -0.1) is 0 Å². The molecular weight excluding hydrogens is 440 g/mol. The molecule has 3 heterocycles. The zero-order valence-corrected chi connectivity index (χ0v) is 17.2. The van der Waals surface area contributed by atoms with Gasteiger partial charge in [0, 0.05) is 40.2 Å². The molecule has 1 unspecified atom stereocenters. The van der Waals surface area contributed by atoms with Crippen molar-refractivity contribution in [2.45, 2.75) is 13.0 Å². The minimum Gasteiger partial charge on any atom is -0.505 e. The number of hydrogen-bond acceptors (Lipinski definition) is 5. The largest absolute Gasteiger partial charge is 0.505 e. The molecule has 0 fully saturated rings. The van der Waals surface area contributed by atoms with Crippen molar-refractivity contribution < 1.29 is 5.11 Å². The smallest absolute Gasteiger partial charge is 0.147 e. The van der Waals surface area contributed by atoms with E-state index in [1.54, 1.807) is 36.9 Å². The normalized spacial score (nSPS) is 12.1. The SMILES string of the molecule is Cc1cc(NC(c2ccncc2)c2cc(Cl)c3cccnc3c2O)ncc1Br. The fraction of sp³-hybridized carbons (Fsp3) is 0.0952. The Morgan fingerprint density at radius 3 is 2.64 bits per heavy atom. The second-order valence-electron chi connectivity index (χ2n) is 6.37. The van der Waals surface area contributed by atoms with Gasteiger partial charge in [-0.05, 0) is 70.4 Å². The Kier molecular flexibility index (Phi) is 5.15. The maximum atomic E-state index is 11.0. The monoisotopic (exact) mass is 454 g/mol. The highest BCUT2D eigenvalue weighted by molar-refractivity contribution is 9.10. The zero-order valence-electron chi connectivity index (χ0n) is 14.9. The number of aromatic nitrogens is 3. The molecule has 0 amide bonds. The van der Waals surface area contributed by atoms with Crippen molar-refractivity contribution in [3.05, 3.63) is 87.4 Å². The van der Waals surface area contributed by atoms with E-state index >= 15 is 0 Å². The Hall–Kier alpha value is -2.70. The topological polar surface area (TPSA) is 70.9 Å². The van der Waals surface area contributed by atoms with Crippen molar-refractivity contribution in [1.82, 2.24) is 15.0 Å². The zero-order chi connectivity index (χ0) is 19.7. The number of pyridine rings is 3. The Bertz CT molecular complexity index is 1150. The molecule has 4 aromatic rings. The molecule has 4 rings (SSSR count). The van der Waals surface area contributed by atoms with Crippen LogP contribution < -0.4 is 5.32 Å². The van der Waals surface area contributed by atoms with Gasteiger partial charge in [0.15, 0.2) is 0 Å². The van der Waals surface area contributed by atoms with Crippen LogP contribution in [0, 0.1) is 6.92 Å². The average molecular weight is 456 g/mol. The summed E-state index contributed by atoms with van der Waals surface area (Å²) >= 11 is 9.97. The predicted molar refractivity (Wildman–Crippen MR) is 115 cm³/mol. The van der Waals surface area contributed by atoms with Crippen molar-refractivity contribution in [2.75, 3.05) is 5.32 Å². The third-order valence-corrected chi connectivity index (χ3v) is 5.68. The Labute approximate surface area is 175 Å². The number of aryl methyl sites for hydroxylation is 1. The lowest BCUT2D eigenvalue weighted by Crippen LogP contribution is -2.14. The van der Waals surface area contributed by atoms with Crippen LogP contribution in [0.3, 0.4) is 0 Å². The number of anilines is 1. The van der Waals surface area contributed by atoms with E-state index in [1.165, 1.54) is 0 Å². The first-order valence-corrected chi connectivity index (χ1v) is 9.76. The first-order valence-electron chi connectivity index (χ1n) is 8.59. The Balaban J connectivity index is 1.88. The number of fused-ring (bicyclic) bond motifs is 1. The van der Waals surface area contributed by atoms with Crippen LogP contribution in [0.15, 0.2) is 65.7 Å². The standard InChI is InChI=1S/C21H16BrClN4O/c1-12-9-18(26-11-16(12)22)27-19(13-4-7-24-8-5-13)15-10-17(23)14-3-2-6-25-20(14)21(15)28/h2-11,19,28H,1H3,(H,26,27). The van der Waals surface area contributed by atoms with Gasteiger partial charge in [-0.2, -0.15) is 0 Å². The van der Waals surface area contributed by atoms with Crippen molar-refractivity contribution in [1.29, 1.82) is 0 Å². The van der Waals surface area contributed by atoms with Crippen molar-refractivity contribution in [3.63, 3.8) is 0 Å². The van der Waals surface area contributed by atoms with E-state index in [9.17, 15) is 5.11 Å². The summed E-state index contributed by atoms with van der Waals surface area (Å²) in [5.74, 6) is 0.766. The second kappa shape index (κ2) is 7.73. The molecule has 5 nitrogen and oxygen atoms in total. The van der Waals surface area contributed by atoms with Gasteiger partial charge in [0.1, 0.15) is 17.1 Å². The third kappa shape index (κ3) is 3.53. The number of halogens is 2. The lowest BCUT2D eigenvalue weighted by atomic mass is 9.97. The third-order valence-electron chi connectivity index (χ3n) is 4.53. The van der Waals surface area contributed by atoms with E-state index in [1.807, 2.05) is 31.2 Å². The molecule has 0 spiro atoms. The van der Waals surface area contributed by atoms with Gasteiger partial charge >= 0.3 is 0 Å². The van der Waals surface area contributed by atoms with Crippen molar-refractivity contribution in [2.24, 2.45) is 0 Å². The molecule has 0 radical (unpaired) electrons. The van der Waals surface area contributed by atoms with Crippen LogP contribution in [0.2, 0.25) is 5.02 Å². The van der Waals surface area contributed by atoms with Gasteiger partial charge in [0.25, 0.3) is 0 Å². The van der Waals surface area contributed by atoms with Crippen LogP contribution in [0.5, 0.6) is 5.75 Å². The maximum Gasteiger partial charge on any atom is 0.147 e. The number of hydrogen-bond donors (Lipinski definition) is 2. The molecule has 0 bridgehead atoms. The molecule has 0 aliphatic rings. The number of rotatable bonds is 4. The lowest BCUT2D eigenvalue weighted by molar-refractivity contribution is 0.471. The van der Waals surface area contributed by atoms with Gasteiger partial charge in [0.05, 0.1) is 11.1 Å². The van der Waals surface area contributed by atoms with Crippen LogP contribution >= 0.6 is 27.5 Å². The van der Waals surface area contributed by atoms with E-state index in [-0.39, 0.29) is 11.8 Å². The molecule has 0 aliphatic carbocycles. The van der Waals surface area contributed by atoms with E-state index in [2.05, 4.69) is 36.2 Å². The molecule has 0 aliphatic heterocycles. The molecule has 3 aromatic heterocycles. The summed E-state index contributed by atoms with van der Waals surface area (Å²) in [7, 11) is 0. The van der Waals surface area contributed by atoms with Gasteiger partial charge in [-0.25, -0.2) is 4.98 Å². The Morgan fingerprint density at radius 1 is 1.11 bits per heavy atom. The van der Waals surface area contributed by atoms with E-state index in [0.717, 1.165) is 15.6 Å². The van der Waals surface area contributed by atoms with E-state index in [4.69, 9.17) is 11.6 Å². The summed E-state index contributed by atoms with van der Waals surface area (Å²) in [6, 6.07) is 10.7. The van der Waals surface area contributed by atoms with Crippen molar-refractivity contribution in [3.8, 4) is 5.75 Å². The summed E-state index contributed by atoms with van der Waals surface area (Å²) in [4.78, 5) is 12.8. The lowest BCUT2D eigenvalue weighted by Gasteiger charge is -2.22. The summed E-state index contributed by atoms with van der Waals surface area (Å²) in [6.45, 7) is 1.99. The number of nitrogens with zero attached hydrogens (tertiary/aromatic N) is 3. The number of phenolic OH excluding ortho intramolecular Hbond substituents is 1. The van der Waals surface area contributed by atoms with E-state index < -0.39 is 0 Å². The summed E-state index contributed by atoms with van der Waals surface area (Å²) in [6.07, 6.45) is 6.80. The minimum atomic E-state index is -0.389. The van der Waals surface area contributed by atoms with Crippen LogP contribution in [0.25, 0.3) is 10.9 Å². The average Bonchev–Trinajstić information content (AvgIpc) is 2.72. The fourth-order valence-corrected chi connectivity index (χ4v) is 3.58. The molecule has 0 saturated carbocycles. The van der Waals surface area contributed by atoms with Gasteiger partial charge in [0.2, 0.25) is 0 Å². The van der Waals surface area contributed by atoms with Crippen LogP contribution in [-0.2, 0) is 0 Å². The summed E-state index contributed by atoms with van der Waals surface area (Å²) < 4.78 is 0.930. The quantitative estimate of drug-likeness (QED) is 0.416. The van der Waals surface area contributed by atoms with Crippen LogP contribution in [-0.4, -0.2) is 20.1 Å². The summed E-state index contributed by atoms with van der Waals surface area (Å²) in [5.41, 5.74) is 3.04. The highest BCUT2D eigenvalue weighted by Crippen LogP contribution is 2.39. The second-order valence-corrected chi connectivity index (χ2v) is 7.63. The summed E-state index contributed by atoms with van der Waals surface area (Å²) in [5, 5.41) is 15.6. The minimum absolute atomic E-state index is 0.0862. The van der Waals surface area contributed by atoms with Gasteiger partial charge in [-0.1, -0.05) is 11.6 Å². The maximum absolute atomic E-state index is 11.0. The first-order chi connectivity index (χ1) is 13.5. The Morgan fingerprint density at radius 2 is 1.89 bits per heavy atom. The molecule has 7 heteroatoms. The number of nitrogens with one attached hydrogen (secondary N) is 1. The molecule has 2 N–H and O–H groups in total. The highest BCUT2D eigenvalue weighted by atomic mass is 79.9. The number of benzene rings is 1. The molecule has 0 saturated heterocycles. The number of phenols is 1. The van der Waals surface area contributed by atoms with Crippen LogP contribution in [0.1, 0.15) is 22.7 Å². The van der Waals surface area contributed by atoms with E-state index in [0.29, 0.717) is 27.3 Å². The van der Waals surface area contributed by atoms with Gasteiger partial charge in [-0.3, -0.25) is 9.97 Å². The number of aromatic hydroxyl groups is 1. The molecular formula is C21H16BrClN4O. The predicted octanol–water partition coefficient (Wildman–Crippen LogP) is 5.66. The fourth-order valence-electron chi connectivity index (χ4n) is 3.09. The first kappa shape index (κ1) is 18.7. The molecule has 1 aromatic carbocycles. The molecule has 28 heavy (non-hydrogen) atoms. The molecule has 140 valence electrons. The van der Waals surface area contributed by atoms with Crippen molar-refractivity contribution >= 4 is 44.3 Å². The highest BCUT2D eigenvalue weighted by Gasteiger charge is 2.22.